The highest BCUT2D eigenvalue weighted by molar-refractivity contribution is 5.97. The lowest BCUT2D eigenvalue weighted by atomic mass is 9.95. The second-order valence-corrected chi connectivity index (χ2v) is 5.05. The van der Waals surface area contributed by atoms with Crippen LogP contribution >= 0.6 is 0 Å². The van der Waals surface area contributed by atoms with Crippen molar-refractivity contribution in [3.05, 3.63) is 23.8 Å². The van der Waals surface area contributed by atoms with Gasteiger partial charge < -0.3 is 21.3 Å². The Morgan fingerprint density at radius 3 is 2.95 bits per heavy atom. The maximum absolute atomic E-state index is 11.3. The SMILES string of the molecule is CN(C)CCCN=C1NC2C=CC=C(C(N)=O)C2N1. The number of allylic oxidation sites excluding steroid dienone is 2. The lowest BCUT2D eigenvalue weighted by Gasteiger charge is -2.19. The van der Waals surface area contributed by atoms with Gasteiger partial charge in [-0.3, -0.25) is 9.79 Å². The van der Waals surface area contributed by atoms with Gasteiger partial charge in [0.05, 0.1) is 12.1 Å². The Hall–Kier alpha value is -1.82. The van der Waals surface area contributed by atoms with Crippen LogP contribution in [0.4, 0.5) is 0 Å². The molecule has 1 saturated heterocycles. The molecule has 0 aromatic heterocycles. The predicted octanol–water partition coefficient (Wildman–Crippen LogP) is -0.794. The predicted molar refractivity (Wildman–Crippen MR) is 75.7 cm³/mol. The fourth-order valence-electron chi connectivity index (χ4n) is 2.24. The third kappa shape index (κ3) is 3.35. The second-order valence-electron chi connectivity index (χ2n) is 5.05. The maximum Gasteiger partial charge on any atom is 0.246 e. The Bertz CT molecular complexity index is 438. The van der Waals surface area contributed by atoms with Crippen molar-refractivity contribution in [3.63, 3.8) is 0 Å². The summed E-state index contributed by atoms with van der Waals surface area (Å²) in [4.78, 5) is 17.9. The van der Waals surface area contributed by atoms with Crippen molar-refractivity contribution in [3.8, 4) is 0 Å². The zero-order valence-electron chi connectivity index (χ0n) is 11.4. The summed E-state index contributed by atoms with van der Waals surface area (Å²) in [6.07, 6.45) is 6.62. The molecule has 1 amide bonds. The summed E-state index contributed by atoms with van der Waals surface area (Å²) in [5, 5.41) is 6.47. The van der Waals surface area contributed by atoms with Crippen molar-refractivity contribution in [2.45, 2.75) is 18.5 Å². The molecule has 19 heavy (non-hydrogen) atoms. The number of rotatable bonds is 5. The smallest absolute Gasteiger partial charge is 0.246 e. The number of nitrogens with zero attached hydrogens (tertiary/aromatic N) is 2. The van der Waals surface area contributed by atoms with Gasteiger partial charge in [0.2, 0.25) is 5.91 Å². The van der Waals surface area contributed by atoms with E-state index in [1.807, 2.05) is 26.2 Å². The third-order valence-electron chi connectivity index (χ3n) is 3.20. The van der Waals surface area contributed by atoms with E-state index in [0.29, 0.717) is 5.57 Å². The molecule has 6 heteroatoms. The molecule has 1 fully saturated rings. The van der Waals surface area contributed by atoms with Crippen molar-refractivity contribution in [2.75, 3.05) is 27.2 Å². The largest absolute Gasteiger partial charge is 0.366 e. The van der Waals surface area contributed by atoms with Gasteiger partial charge in [-0.2, -0.15) is 0 Å². The van der Waals surface area contributed by atoms with Gasteiger partial charge in [0.1, 0.15) is 0 Å². The summed E-state index contributed by atoms with van der Waals surface area (Å²) < 4.78 is 0. The van der Waals surface area contributed by atoms with Crippen LogP contribution in [0, 0.1) is 0 Å². The number of hydrogen-bond acceptors (Lipinski definition) is 3. The molecule has 2 unspecified atom stereocenters. The van der Waals surface area contributed by atoms with Gasteiger partial charge in [-0.15, -0.1) is 0 Å². The summed E-state index contributed by atoms with van der Waals surface area (Å²) in [5.74, 6) is 0.356. The summed E-state index contributed by atoms with van der Waals surface area (Å²) in [5.41, 5.74) is 5.97. The van der Waals surface area contributed by atoms with Gasteiger partial charge in [-0.1, -0.05) is 18.2 Å². The second kappa shape index (κ2) is 5.88. The van der Waals surface area contributed by atoms with E-state index in [4.69, 9.17) is 5.73 Å². The number of carbonyl (C=O) groups is 1. The van der Waals surface area contributed by atoms with Crippen LogP contribution in [0.15, 0.2) is 28.8 Å². The number of primary amides is 1. The molecule has 0 saturated carbocycles. The van der Waals surface area contributed by atoms with Crippen LogP contribution in [0.5, 0.6) is 0 Å². The lowest BCUT2D eigenvalue weighted by molar-refractivity contribution is -0.114. The third-order valence-corrected chi connectivity index (χ3v) is 3.20. The highest BCUT2D eigenvalue weighted by Gasteiger charge is 2.34. The van der Waals surface area contributed by atoms with Crippen molar-refractivity contribution in [1.82, 2.24) is 15.5 Å². The van der Waals surface area contributed by atoms with Gasteiger partial charge in [0.15, 0.2) is 5.96 Å². The van der Waals surface area contributed by atoms with E-state index in [1.165, 1.54) is 0 Å². The Kier molecular flexibility index (Phi) is 4.21. The molecule has 2 rings (SSSR count). The number of aliphatic imine (C=N–C) groups is 1. The zero-order chi connectivity index (χ0) is 13.8. The normalized spacial score (nSPS) is 26.9. The molecule has 1 aliphatic heterocycles. The molecule has 0 spiro atoms. The van der Waals surface area contributed by atoms with Gasteiger partial charge in [-0.25, -0.2) is 0 Å². The van der Waals surface area contributed by atoms with Crippen LogP contribution in [-0.2, 0) is 4.79 Å². The van der Waals surface area contributed by atoms with E-state index in [-0.39, 0.29) is 18.0 Å². The molecule has 104 valence electrons. The first-order valence-corrected chi connectivity index (χ1v) is 6.48. The number of nitrogens with one attached hydrogen (secondary N) is 2. The zero-order valence-corrected chi connectivity index (χ0v) is 11.4. The van der Waals surface area contributed by atoms with E-state index in [1.54, 1.807) is 6.08 Å². The highest BCUT2D eigenvalue weighted by atomic mass is 16.1. The van der Waals surface area contributed by atoms with Crippen LogP contribution in [-0.4, -0.2) is 56.0 Å². The van der Waals surface area contributed by atoms with Crippen molar-refractivity contribution in [1.29, 1.82) is 0 Å². The molecular weight excluding hydrogens is 242 g/mol. The van der Waals surface area contributed by atoms with E-state index >= 15 is 0 Å². The fourth-order valence-corrected chi connectivity index (χ4v) is 2.24. The summed E-state index contributed by atoms with van der Waals surface area (Å²) in [6, 6.07) is -0.0461. The van der Waals surface area contributed by atoms with Crippen molar-refractivity contribution >= 4 is 11.9 Å². The molecule has 0 bridgehead atoms. The molecule has 4 N–H and O–H groups in total. The molecule has 2 aliphatic rings. The summed E-state index contributed by atoms with van der Waals surface area (Å²) >= 11 is 0. The molecule has 2 atom stereocenters. The quantitative estimate of drug-likeness (QED) is 0.567. The Morgan fingerprint density at radius 1 is 1.47 bits per heavy atom. The van der Waals surface area contributed by atoms with Gasteiger partial charge in [0, 0.05) is 12.1 Å². The van der Waals surface area contributed by atoms with Gasteiger partial charge >= 0.3 is 0 Å². The molecule has 6 nitrogen and oxygen atoms in total. The molecular formula is C13H21N5O. The molecule has 0 aromatic carbocycles. The number of nitrogens with two attached hydrogens (primary N) is 1. The number of carbonyl (C=O) groups excluding carboxylic acids is 1. The number of hydrogen-bond donors (Lipinski definition) is 3. The monoisotopic (exact) mass is 263 g/mol. The van der Waals surface area contributed by atoms with E-state index < -0.39 is 0 Å². The topological polar surface area (TPSA) is 82.8 Å². The maximum atomic E-state index is 11.3. The number of amides is 1. The van der Waals surface area contributed by atoms with Gasteiger partial charge in [0.25, 0.3) is 0 Å². The number of fused-ring (bicyclic) bond motifs is 1. The average Bonchev–Trinajstić information content (AvgIpc) is 2.76. The first kappa shape index (κ1) is 13.6. The van der Waals surface area contributed by atoms with E-state index in [2.05, 4.69) is 20.5 Å². The van der Waals surface area contributed by atoms with Crippen molar-refractivity contribution < 1.29 is 4.79 Å². The fraction of sp³-hybridized carbons (Fsp3) is 0.538. The molecule has 0 radical (unpaired) electrons. The standard InChI is InChI=1S/C13H21N5O/c1-18(2)8-4-7-15-13-16-10-6-3-5-9(12(14)19)11(10)17-13/h3,5-6,10-11H,4,7-8H2,1-2H3,(H2,14,19)(H2,15,16,17). The molecule has 1 heterocycles. The lowest BCUT2D eigenvalue weighted by Crippen LogP contribution is -2.40. The van der Waals surface area contributed by atoms with E-state index in [9.17, 15) is 4.79 Å². The highest BCUT2D eigenvalue weighted by Crippen LogP contribution is 2.17. The van der Waals surface area contributed by atoms with Crippen LogP contribution < -0.4 is 16.4 Å². The minimum absolute atomic E-state index is 0.0556. The average molecular weight is 263 g/mol. The van der Waals surface area contributed by atoms with Crippen LogP contribution in [0.25, 0.3) is 0 Å². The Morgan fingerprint density at radius 2 is 2.26 bits per heavy atom. The first-order valence-electron chi connectivity index (χ1n) is 6.48. The summed E-state index contributed by atoms with van der Waals surface area (Å²) in [6.45, 7) is 1.77. The van der Waals surface area contributed by atoms with Gasteiger partial charge in [-0.05, 0) is 27.1 Å². The van der Waals surface area contributed by atoms with Crippen molar-refractivity contribution in [2.24, 2.45) is 10.7 Å². The first-order chi connectivity index (χ1) is 9.08. The van der Waals surface area contributed by atoms with Crippen LogP contribution in [0.3, 0.4) is 0 Å². The summed E-state index contributed by atoms with van der Waals surface area (Å²) in [7, 11) is 4.09. The molecule has 0 aromatic rings. The van der Waals surface area contributed by atoms with E-state index in [0.717, 1.165) is 25.5 Å². The number of guanidine groups is 1. The minimum atomic E-state index is -0.387. The van der Waals surface area contributed by atoms with Crippen LogP contribution in [0.1, 0.15) is 6.42 Å². The minimum Gasteiger partial charge on any atom is -0.366 e. The van der Waals surface area contributed by atoms with Crippen LogP contribution in [0.2, 0.25) is 0 Å². The Labute approximate surface area is 113 Å². The Balaban J connectivity index is 1.92. The molecule has 1 aliphatic carbocycles.